The molecule has 0 aliphatic heterocycles. The summed E-state index contributed by atoms with van der Waals surface area (Å²) in [7, 11) is 0. The molecule has 0 bridgehead atoms. The first-order valence-corrected chi connectivity index (χ1v) is 5.91. The molecular formula is C14H10F3N3O. The van der Waals surface area contributed by atoms with Crippen molar-refractivity contribution in [1.29, 1.82) is 5.26 Å². The highest BCUT2D eigenvalue weighted by Gasteiger charge is 2.32. The minimum absolute atomic E-state index is 0.213. The standard InChI is InChI=1S/C14H10F3N3O/c15-14(16,17)21-13-4-2-1-3-12(13)20-9-10-5-6-19-11(7-10)8-18/h1-7,20H,9H2. The molecule has 1 N–H and O–H groups in total. The Labute approximate surface area is 118 Å². The average Bonchev–Trinajstić information content (AvgIpc) is 2.45. The van der Waals surface area contributed by atoms with Gasteiger partial charge in [-0.2, -0.15) is 5.26 Å². The second kappa shape index (κ2) is 6.13. The van der Waals surface area contributed by atoms with Crippen molar-refractivity contribution < 1.29 is 17.9 Å². The molecule has 0 fully saturated rings. The molecule has 0 saturated carbocycles. The highest BCUT2D eigenvalue weighted by atomic mass is 19.4. The van der Waals surface area contributed by atoms with Crippen LogP contribution >= 0.6 is 0 Å². The molecule has 0 spiro atoms. The summed E-state index contributed by atoms with van der Waals surface area (Å²) in [5, 5.41) is 11.6. The number of benzene rings is 1. The fraction of sp³-hybridized carbons (Fsp3) is 0.143. The van der Waals surface area contributed by atoms with Gasteiger partial charge in [-0.1, -0.05) is 12.1 Å². The van der Waals surface area contributed by atoms with Crippen LogP contribution in [0.25, 0.3) is 0 Å². The lowest BCUT2D eigenvalue weighted by molar-refractivity contribution is -0.274. The van der Waals surface area contributed by atoms with E-state index in [2.05, 4.69) is 15.0 Å². The number of aromatic nitrogens is 1. The monoisotopic (exact) mass is 293 g/mol. The summed E-state index contributed by atoms with van der Waals surface area (Å²) >= 11 is 0. The van der Waals surface area contributed by atoms with E-state index in [-0.39, 0.29) is 23.7 Å². The summed E-state index contributed by atoms with van der Waals surface area (Å²) in [4.78, 5) is 3.82. The topological polar surface area (TPSA) is 57.9 Å². The number of hydrogen-bond acceptors (Lipinski definition) is 4. The number of rotatable bonds is 4. The van der Waals surface area contributed by atoms with Crippen LogP contribution < -0.4 is 10.1 Å². The van der Waals surface area contributed by atoms with Gasteiger partial charge in [0.15, 0.2) is 5.75 Å². The summed E-state index contributed by atoms with van der Waals surface area (Å²) in [5.41, 5.74) is 1.18. The smallest absolute Gasteiger partial charge is 0.404 e. The zero-order valence-electron chi connectivity index (χ0n) is 10.7. The van der Waals surface area contributed by atoms with Crippen LogP contribution in [0.5, 0.6) is 5.75 Å². The summed E-state index contributed by atoms with van der Waals surface area (Å²) < 4.78 is 40.8. The molecule has 0 saturated heterocycles. The second-order valence-corrected chi connectivity index (χ2v) is 4.06. The lowest BCUT2D eigenvalue weighted by Crippen LogP contribution is -2.18. The third-order valence-electron chi connectivity index (χ3n) is 2.53. The van der Waals surface area contributed by atoms with Crippen molar-refractivity contribution in [1.82, 2.24) is 4.98 Å². The van der Waals surface area contributed by atoms with E-state index in [4.69, 9.17) is 5.26 Å². The molecular weight excluding hydrogens is 283 g/mol. The van der Waals surface area contributed by atoms with Crippen LogP contribution in [-0.2, 0) is 6.54 Å². The van der Waals surface area contributed by atoms with Crippen LogP contribution in [0.15, 0.2) is 42.6 Å². The minimum atomic E-state index is -4.75. The molecule has 0 unspecified atom stereocenters. The maximum absolute atomic E-state index is 12.3. The van der Waals surface area contributed by atoms with Crippen molar-refractivity contribution >= 4 is 5.69 Å². The van der Waals surface area contributed by atoms with E-state index in [9.17, 15) is 13.2 Å². The molecule has 7 heteroatoms. The summed E-state index contributed by atoms with van der Waals surface area (Å²) in [6, 6.07) is 10.9. The van der Waals surface area contributed by atoms with Gasteiger partial charge in [-0.3, -0.25) is 0 Å². The van der Waals surface area contributed by atoms with E-state index in [1.54, 1.807) is 18.2 Å². The Bertz CT molecular complexity index is 665. The molecule has 2 aromatic rings. The Hall–Kier alpha value is -2.75. The number of pyridine rings is 1. The lowest BCUT2D eigenvalue weighted by Gasteiger charge is -2.14. The van der Waals surface area contributed by atoms with Gasteiger partial charge >= 0.3 is 6.36 Å². The number of halogens is 3. The molecule has 21 heavy (non-hydrogen) atoms. The maximum Gasteiger partial charge on any atom is 0.573 e. The Morgan fingerprint density at radius 3 is 2.71 bits per heavy atom. The van der Waals surface area contributed by atoms with E-state index in [0.29, 0.717) is 0 Å². The number of nitrogens with one attached hydrogen (secondary N) is 1. The number of nitrogens with zero attached hydrogens (tertiary/aromatic N) is 2. The quantitative estimate of drug-likeness (QED) is 0.937. The Morgan fingerprint density at radius 1 is 1.24 bits per heavy atom. The van der Waals surface area contributed by atoms with E-state index in [1.165, 1.54) is 24.4 Å². The second-order valence-electron chi connectivity index (χ2n) is 4.06. The predicted molar refractivity (Wildman–Crippen MR) is 69.4 cm³/mol. The van der Waals surface area contributed by atoms with Crippen molar-refractivity contribution in [3.63, 3.8) is 0 Å². The normalized spacial score (nSPS) is 10.8. The number of para-hydroxylation sites is 2. The van der Waals surface area contributed by atoms with Gasteiger partial charge in [-0.15, -0.1) is 13.2 Å². The van der Waals surface area contributed by atoms with Crippen molar-refractivity contribution in [2.45, 2.75) is 12.9 Å². The molecule has 0 aliphatic rings. The number of hydrogen-bond donors (Lipinski definition) is 1. The first-order chi connectivity index (χ1) is 9.98. The van der Waals surface area contributed by atoms with Crippen LogP contribution in [0.2, 0.25) is 0 Å². The molecule has 1 aromatic carbocycles. The van der Waals surface area contributed by atoms with E-state index in [1.807, 2.05) is 6.07 Å². The molecule has 1 heterocycles. The zero-order valence-corrected chi connectivity index (χ0v) is 10.7. The van der Waals surface area contributed by atoms with Gasteiger partial charge in [0.2, 0.25) is 0 Å². The van der Waals surface area contributed by atoms with E-state index >= 15 is 0 Å². The van der Waals surface area contributed by atoms with Crippen LogP contribution in [-0.4, -0.2) is 11.3 Å². The van der Waals surface area contributed by atoms with Gasteiger partial charge in [-0.25, -0.2) is 4.98 Å². The Balaban J connectivity index is 2.11. The molecule has 1 aromatic heterocycles. The molecule has 0 radical (unpaired) electrons. The van der Waals surface area contributed by atoms with Crippen molar-refractivity contribution in [3.05, 3.63) is 53.9 Å². The number of ether oxygens (including phenoxy) is 1. The molecule has 0 atom stereocenters. The van der Waals surface area contributed by atoms with Gasteiger partial charge in [-0.05, 0) is 29.8 Å². The van der Waals surface area contributed by atoms with Crippen LogP contribution in [0.4, 0.5) is 18.9 Å². The zero-order chi connectivity index (χ0) is 15.3. The van der Waals surface area contributed by atoms with Crippen molar-refractivity contribution in [2.75, 3.05) is 5.32 Å². The summed E-state index contributed by atoms with van der Waals surface area (Å²) in [6.07, 6.45) is -3.28. The van der Waals surface area contributed by atoms with Crippen LogP contribution in [0.3, 0.4) is 0 Å². The predicted octanol–water partition coefficient (Wildman–Crippen LogP) is 3.46. The number of alkyl halides is 3. The molecule has 2 rings (SSSR count). The summed E-state index contributed by atoms with van der Waals surface area (Å²) in [5.74, 6) is -0.306. The largest absolute Gasteiger partial charge is 0.573 e. The average molecular weight is 293 g/mol. The van der Waals surface area contributed by atoms with Crippen LogP contribution in [0.1, 0.15) is 11.3 Å². The van der Waals surface area contributed by atoms with Gasteiger partial charge in [0.05, 0.1) is 5.69 Å². The minimum Gasteiger partial charge on any atom is -0.404 e. The Morgan fingerprint density at radius 2 is 2.00 bits per heavy atom. The third-order valence-corrected chi connectivity index (χ3v) is 2.53. The van der Waals surface area contributed by atoms with Crippen molar-refractivity contribution in [2.24, 2.45) is 0 Å². The van der Waals surface area contributed by atoms with Gasteiger partial charge in [0.1, 0.15) is 11.8 Å². The molecule has 0 aliphatic carbocycles. The highest BCUT2D eigenvalue weighted by Crippen LogP contribution is 2.30. The molecule has 108 valence electrons. The number of anilines is 1. The van der Waals surface area contributed by atoms with Gasteiger partial charge in [0, 0.05) is 12.7 Å². The first kappa shape index (κ1) is 14.7. The maximum atomic E-state index is 12.3. The number of nitriles is 1. The van der Waals surface area contributed by atoms with Crippen molar-refractivity contribution in [3.8, 4) is 11.8 Å². The van der Waals surface area contributed by atoms with E-state index in [0.717, 1.165) is 5.56 Å². The first-order valence-electron chi connectivity index (χ1n) is 5.91. The van der Waals surface area contributed by atoms with E-state index < -0.39 is 6.36 Å². The van der Waals surface area contributed by atoms with Gasteiger partial charge < -0.3 is 10.1 Å². The molecule has 4 nitrogen and oxygen atoms in total. The third kappa shape index (κ3) is 4.38. The fourth-order valence-electron chi connectivity index (χ4n) is 1.67. The SMILES string of the molecule is N#Cc1cc(CNc2ccccc2OC(F)(F)F)ccn1. The highest BCUT2D eigenvalue weighted by molar-refractivity contribution is 5.56. The van der Waals surface area contributed by atoms with Gasteiger partial charge in [0.25, 0.3) is 0 Å². The Kier molecular flexibility index (Phi) is 4.28. The lowest BCUT2D eigenvalue weighted by atomic mass is 10.2. The molecule has 0 amide bonds. The fourth-order valence-corrected chi connectivity index (χ4v) is 1.67. The van der Waals surface area contributed by atoms with Crippen LogP contribution in [0, 0.1) is 11.3 Å². The summed E-state index contributed by atoms with van der Waals surface area (Å²) in [6.45, 7) is 0.245.